The first-order valence-corrected chi connectivity index (χ1v) is 6.51. The first kappa shape index (κ1) is 11.1. The predicted molar refractivity (Wildman–Crippen MR) is 75.1 cm³/mol. The van der Waals surface area contributed by atoms with Crippen LogP contribution in [0, 0.1) is 0 Å². The highest BCUT2D eigenvalue weighted by atomic mass is 32.1. The van der Waals surface area contributed by atoms with Crippen LogP contribution in [0.4, 0.5) is 0 Å². The molecule has 0 saturated heterocycles. The monoisotopic (exact) mass is 253 g/mol. The van der Waals surface area contributed by atoms with Crippen LogP contribution < -0.4 is 0 Å². The lowest BCUT2D eigenvalue weighted by Crippen LogP contribution is -1.83. The van der Waals surface area contributed by atoms with Crippen LogP contribution in [0.25, 0.3) is 21.2 Å². The largest absolute Gasteiger partial charge is 0.294 e. The van der Waals surface area contributed by atoms with Gasteiger partial charge in [-0.05, 0) is 36.1 Å². The van der Waals surface area contributed by atoms with Gasteiger partial charge in [0.05, 0.1) is 4.88 Å². The fourth-order valence-electron chi connectivity index (χ4n) is 2.01. The molecule has 2 nitrogen and oxygen atoms in total. The molecule has 0 aliphatic heterocycles. The molecule has 0 radical (unpaired) electrons. The Kier molecular flexibility index (Phi) is 2.68. The summed E-state index contributed by atoms with van der Waals surface area (Å²) in [5.74, 6) is 0.119. The lowest BCUT2D eigenvalue weighted by molar-refractivity contribution is 0.102. The van der Waals surface area contributed by atoms with Crippen molar-refractivity contribution in [1.82, 2.24) is 4.98 Å². The summed E-state index contributed by atoms with van der Waals surface area (Å²) >= 11 is 1.54. The van der Waals surface area contributed by atoms with Crippen LogP contribution in [0.15, 0.2) is 48.8 Å². The molecule has 0 amide bonds. The van der Waals surface area contributed by atoms with Gasteiger partial charge >= 0.3 is 0 Å². The number of thiophene rings is 1. The highest BCUT2D eigenvalue weighted by Crippen LogP contribution is 2.33. The molecule has 3 aromatic rings. The molecule has 18 heavy (non-hydrogen) atoms. The van der Waals surface area contributed by atoms with Gasteiger partial charge in [0.2, 0.25) is 0 Å². The summed E-state index contributed by atoms with van der Waals surface area (Å²) in [4.78, 5) is 17.4. The first-order valence-electron chi connectivity index (χ1n) is 5.69. The van der Waals surface area contributed by atoms with E-state index in [0.717, 1.165) is 20.7 Å². The molecule has 3 rings (SSSR count). The lowest BCUT2D eigenvalue weighted by atomic mass is 10.1. The Bertz CT molecular complexity index is 725. The summed E-state index contributed by atoms with van der Waals surface area (Å²) in [5.41, 5.74) is 1.16. The number of hydrogen-bond donors (Lipinski definition) is 0. The molecule has 3 heteroatoms. The molecule has 88 valence electrons. The van der Waals surface area contributed by atoms with E-state index in [2.05, 4.69) is 11.1 Å². The molecule has 2 heterocycles. The van der Waals surface area contributed by atoms with Crippen molar-refractivity contribution in [3.8, 4) is 10.4 Å². The molecular formula is C15H11NOS. The summed E-state index contributed by atoms with van der Waals surface area (Å²) in [6.07, 6.45) is 3.66. The van der Waals surface area contributed by atoms with Crippen molar-refractivity contribution in [2.45, 2.75) is 6.92 Å². The summed E-state index contributed by atoms with van der Waals surface area (Å²) < 4.78 is 0. The fraction of sp³-hybridized carbons (Fsp3) is 0.0667. The summed E-state index contributed by atoms with van der Waals surface area (Å²) in [6, 6.07) is 12.1. The molecule has 0 aliphatic carbocycles. The van der Waals surface area contributed by atoms with E-state index in [1.165, 1.54) is 16.7 Å². The summed E-state index contributed by atoms with van der Waals surface area (Å²) in [5, 5.41) is 2.29. The fourth-order valence-corrected chi connectivity index (χ4v) is 2.95. The van der Waals surface area contributed by atoms with E-state index in [9.17, 15) is 4.79 Å². The van der Waals surface area contributed by atoms with Gasteiger partial charge in [-0.2, -0.15) is 0 Å². The molecule has 0 unspecified atom stereocenters. The number of carbonyl (C=O) groups excluding carboxylic acids is 1. The average Bonchev–Trinajstić information content (AvgIpc) is 2.87. The second-order valence-corrected chi connectivity index (χ2v) is 5.21. The number of ketones is 1. The van der Waals surface area contributed by atoms with Gasteiger partial charge in [0.1, 0.15) is 0 Å². The number of hydrogen-bond acceptors (Lipinski definition) is 3. The Morgan fingerprint density at radius 2 is 2.06 bits per heavy atom. The van der Waals surface area contributed by atoms with Crippen LogP contribution in [0.2, 0.25) is 0 Å². The summed E-state index contributed by atoms with van der Waals surface area (Å²) in [7, 11) is 0. The number of nitrogens with zero attached hydrogens (tertiary/aromatic N) is 1. The van der Waals surface area contributed by atoms with Crippen molar-refractivity contribution in [2.24, 2.45) is 0 Å². The van der Waals surface area contributed by atoms with Crippen LogP contribution in [-0.4, -0.2) is 10.8 Å². The van der Waals surface area contributed by atoms with Gasteiger partial charge in [-0.1, -0.05) is 18.2 Å². The van der Waals surface area contributed by atoms with Crippen LogP contribution in [0.3, 0.4) is 0 Å². The first-order chi connectivity index (χ1) is 8.75. The number of aromatic nitrogens is 1. The molecule has 0 fully saturated rings. The standard InChI is InChI=1S/C15H11NOS/c1-10(17)14-5-6-15(18-14)13-4-2-3-11-9-16-8-7-12(11)13/h2-9H,1H3. The maximum absolute atomic E-state index is 11.4. The molecule has 0 bridgehead atoms. The van der Waals surface area contributed by atoms with Crippen LogP contribution in [0.1, 0.15) is 16.6 Å². The minimum absolute atomic E-state index is 0.119. The highest BCUT2D eigenvalue weighted by Gasteiger charge is 2.08. The van der Waals surface area contributed by atoms with Gasteiger partial charge in [-0.3, -0.25) is 9.78 Å². The maximum atomic E-state index is 11.4. The lowest BCUT2D eigenvalue weighted by Gasteiger charge is -2.03. The number of fused-ring (bicyclic) bond motifs is 1. The molecule has 0 saturated carbocycles. The van der Waals surface area contributed by atoms with E-state index >= 15 is 0 Å². The van der Waals surface area contributed by atoms with E-state index in [1.54, 1.807) is 13.1 Å². The predicted octanol–water partition coefficient (Wildman–Crippen LogP) is 4.17. The Balaban J connectivity index is 2.21. The second kappa shape index (κ2) is 4.35. The quantitative estimate of drug-likeness (QED) is 0.642. The Hall–Kier alpha value is -2.00. The average molecular weight is 253 g/mol. The van der Waals surface area contributed by atoms with Crippen molar-refractivity contribution in [2.75, 3.05) is 0 Å². The number of benzene rings is 1. The summed E-state index contributed by atoms with van der Waals surface area (Å²) in [6.45, 7) is 1.60. The Morgan fingerprint density at radius 1 is 1.17 bits per heavy atom. The third-order valence-electron chi connectivity index (χ3n) is 2.90. The maximum Gasteiger partial charge on any atom is 0.169 e. The smallest absolute Gasteiger partial charge is 0.169 e. The Labute approximate surface area is 109 Å². The van der Waals surface area contributed by atoms with E-state index in [1.807, 2.05) is 36.5 Å². The normalized spacial score (nSPS) is 10.7. The van der Waals surface area contributed by atoms with Crippen LogP contribution >= 0.6 is 11.3 Å². The van der Waals surface area contributed by atoms with Crippen molar-refractivity contribution in [3.05, 3.63) is 53.7 Å². The molecular weight excluding hydrogens is 242 g/mol. The van der Waals surface area contributed by atoms with Crippen molar-refractivity contribution < 1.29 is 4.79 Å². The van der Waals surface area contributed by atoms with Crippen molar-refractivity contribution in [3.63, 3.8) is 0 Å². The van der Waals surface area contributed by atoms with Gasteiger partial charge in [0.15, 0.2) is 5.78 Å². The Morgan fingerprint density at radius 3 is 2.83 bits per heavy atom. The second-order valence-electron chi connectivity index (χ2n) is 4.12. The van der Waals surface area contributed by atoms with Gasteiger partial charge in [-0.15, -0.1) is 11.3 Å². The van der Waals surface area contributed by atoms with Crippen molar-refractivity contribution in [1.29, 1.82) is 0 Å². The number of rotatable bonds is 2. The zero-order valence-corrected chi connectivity index (χ0v) is 10.7. The molecule has 0 atom stereocenters. The van der Waals surface area contributed by atoms with E-state index < -0.39 is 0 Å². The molecule has 0 aliphatic rings. The SMILES string of the molecule is CC(=O)c1ccc(-c2cccc3cnccc23)s1. The van der Waals surface area contributed by atoms with Gasteiger partial charge in [0, 0.05) is 22.7 Å². The zero-order valence-electron chi connectivity index (χ0n) is 9.88. The number of Topliss-reactive ketones (excluding diaryl/α,β-unsaturated/α-hetero) is 1. The number of pyridine rings is 1. The van der Waals surface area contributed by atoms with Gasteiger partial charge in [0.25, 0.3) is 0 Å². The van der Waals surface area contributed by atoms with Gasteiger partial charge in [-0.25, -0.2) is 0 Å². The van der Waals surface area contributed by atoms with E-state index in [0.29, 0.717) is 0 Å². The molecule has 1 aromatic carbocycles. The third-order valence-corrected chi connectivity index (χ3v) is 4.12. The molecule has 0 N–H and O–H groups in total. The zero-order chi connectivity index (χ0) is 12.5. The van der Waals surface area contributed by atoms with Crippen molar-refractivity contribution >= 4 is 27.9 Å². The van der Waals surface area contributed by atoms with E-state index in [-0.39, 0.29) is 5.78 Å². The minimum atomic E-state index is 0.119. The molecule has 0 spiro atoms. The topological polar surface area (TPSA) is 30.0 Å². The minimum Gasteiger partial charge on any atom is -0.294 e. The number of carbonyl (C=O) groups is 1. The molecule has 2 aromatic heterocycles. The van der Waals surface area contributed by atoms with E-state index in [4.69, 9.17) is 0 Å². The van der Waals surface area contributed by atoms with Crippen LogP contribution in [0.5, 0.6) is 0 Å². The van der Waals surface area contributed by atoms with Crippen LogP contribution in [-0.2, 0) is 0 Å². The highest BCUT2D eigenvalue weighted by molar-refractivity contribution is 7.17. The van der Waals surface area contributed by atoms with Gasteiger partial charge < -0.3 is 0 Å². The third kappa shape index (κ3) is 1.83.